The molecular weight excluding hydrogens is 202 g/mol. The Hall–Kier alpha value is -1.40. The van der Waals surface area contributed by atoms with E-state index in [1.807, 2.05) is 0 Å². The smallest absolute Gasteiger partial charge is 0.238 e. The molecule has 0 atom stereocenters. The molecule has 0 amide bonds. The van der Waals surface area contributed by atoms with Crippen LogP contribution in [0.15, 0.2) is 34.2 Å². The molecule has 0 aliphatic heterocycles. The molecule has 6 heteroatoms. The summed E-state index contributed by atoms with van der Waals surface area (Å²) in [5.74, 6) is 0. The lowest BCUT2D eigenvalue weighted by molar-refractivity contribution is 0.598. The van der Waals surface area contributed by atoms with Gasteiger partial charge in [-0.3, -0.25) is 4.99 Å². The second-order valence-electron chi connectivity index (χ2n) is 2.68. The molecule has 1 aromatic rings. The van der Waals surface area contributed by atoms with E-state index in [1.165, 1.54) is 18.5 Å². The molecule has 4 N–H and O–H groups in total. The van der Waals surface area contributed by atoms with Crippen molar-refractivity contribution >= 4 is 16.4 Å². The Morgan fingerprint density at radius 1 is 1.29 bits per heavy atom. The zero-order valence-electron chi connectivity index (χ0n) is 7.42. The highest BCUT2D eigenvalue weighted by atomic mass is 32.2. The number of hydrogen-bond acceptors (Lipinski definition) is 3. The van der Waals surface area contributed by atoms with Gasteiger partial charge in [0, 0.05) is 0 Å². The second-order valence-corrected chi connectivity index (χ2v) is 4.24. The fourth-order valence-corrected chi connectivity index (χ4v) is 1.46. The molecule has 0 saturated carbocycles. The molecule has 1 rings (SSSR count). The molecule has 0 fully saturated rings. The molecule has 0 heterocycles. The van der Waals surface area contributed by atoms with Gasteiger partial charge in [-0.25, -0.2) is 13.6 Å². The van der Waals surface area contributed by atoms with Crippen molar-refractivity contribution in [2.45, 2.75) is 11.4 Å². The van der Waals surface area contributed by atoms with Gasteiger partial charge in [-0.05, 0) is 17.7 Å². The van der Waals surface area contributed by atoms with E-state index in [-0.39, 0.29) is 4.90 Å². The monoisotopic (exact) mass is 213 g/mol. The molecule has 0 aromatic heterocycles. The fourth-order valence-electron chi connectivity index (χ4n) is 0.943. The van der Waals surface area contributed by atoms with E-state index >= 15 is 0 Å². The van der Waals surface area contributed by atoms with E-state index in [9.17, 15) is 8.42 Å². The van der Waals surface area contributed by atoms with Gasteiger partial charge in [0.1, 0.15) is 0 Å². The van der Waals surface area contributed by atoms with Crippen molar-refractivity contribution in [1.82, 2.24) is 0 Å². The highest BCUT2D eigenvalue weighted by Crippen LogP contribution is 2.09. The van der Waals surface area contributed by atoms with E-state index in [0.29, 0.717) is 6.54 Å². The zero-order valence-corrected chi connectivity index (χ0v) is 8.24. The van der Waals surface area contributed by atoms with Gasteiger partial charge < -0.3 is 5.73 Å². The van der Waals surface area contributed by atoms with Crippen molar-refractivity contribution in [3.63, 3.8) is 0 Å². The Labute approximate surface area is 82.5 Å². The summed E-state index contributed by atoms with van der Waals surface area (Å²) in [4.78, 5) is 3.90. The first-order valence-corrected chi connectivity index (χ1v) is 5.40. The van der Waals surface area contributed by atoms with Crippen LogP contribution < -0.4 is 10.9 Å². The Morgan fingerprint density at radius 3 is 2.29 bits per heavy atom. The minimum atomic E-state index is -3.60. The van der Waals surface area contributed by atoms with Crippen molar-refractivity contribution in [1.29, 1.82) is 0 Å². The van der Waals surface area contributed by atoms with E-state index in [4.69, 9.17) is 10.9 Å². The molecule has 0 saturated heterocycles. The van der Waals surface area contributed by atoms with Gasteiger partial charge in [0.15, 0.2) is 0 Å². The van der Waals surface area contributed by atoms with Gasteiger partial charge >= 0.3 is 0 Å². The normalized spacial score (nSPS) is 12.1. The van der Waals surface area contributed by atoms with Crippen molar-refractivity contribution in [2.24, 2.45) is 15.9 Å². The van der Waals surface area contributed by atoms with Crippen LogP contribution in [0.1, 0.15) is 5.56 Å². The number of nitrogens with zero attached hydrogens (tertiary/aromatic N) is 1. The lowest BCUT2D eigenvalue weighted by atomic mass is 10.2. The second kappa shape index (κ2) is 4.21. The van der Waals surface area contributed by atoms with E-state index in [0.717, 1.165) is 5.56 Å². The number of rotatable bonds is 3. The Kier molecular flexibility index (Phi) is 3.21. The van der Waals surface area contributed by atoms with Gasteiger partial charge in [0.25, 0.3) is 0 Å². The van der Waals surface area contributed by atoms with Crippen LogP contribution in [0, 0.1) is 0 Å². The van der Waals surface area contributed by atoms with Gasteiger partial charge in [-0.15, -0.1) is 0 Å². The van der Waals surface area contributed by atoms with Crippen LogP contribution in [-0.2, 0) is 16.6 Å². The van der Waals surface area contributed by atoms with Crippen LogP contribution in [0.4, 0.5) is 0 Å². The molecule has 5 nitrogen and oxygen atoms in total. The average Bonchev–Trinajstić information content (AvgIpc) is 2.14. The molecule has 0 bridgehead atoms. The third kappa shape index (κ3) is 2.82. The Morgan fingerprint density at radius 2 is 1.86 bits per heavy atom. The molecule has 0 radical (unpaired) electrons. The molecule has 0 aliphatic rings. The SMILES string of the molecule is NC=NCc1ccc(S(N)(=O)=O)cc1. The third-order valence-electron chi connectivity index (χ3n) is 1.63. The molecule has 76 valence electrons. The van der Waals surface area contributed by atoms with Crippen molar-refractivity contribution in [2.75, 3.05) is 0 Å². The third-order valence-corrected chi connectivity index (χ3v) is 2.56. The summed E-state index contributed by atoms with van der Waals surface area (Å²) < 4.78 is 21.8. The zero-order chi connectivity index (χ0) is 10.6. The Balaban J connectivity index is 2.89. The topological polar surface area (TPSA) is 98.5 Å². The van der Waals surface area contributed by atoms with Crippen molar-refractivity contribution in [3.05, 3.63) is 29.8 Å². The van der Waals surface area contributed by atoms with E-state index in [1.54, 1.807) is 12.1 Å². The Bertz CT molecular complexity index is 422. The van der Waals surface area contributed by atoms with E-state index < -0.39 is 10.0 Å². The maximum atomic E-state index is 10.9. The lowest BCUT2D eigenvalue weighted by Gasteiger charge is -1.99. The highest BCUT2D eigenvalue weighted by molar-refractivity contribution is 7.89. The average molecular weight is 213 g/mol. The first-order chi connectivity index (χ1) is 6.54. The van der Waals surface area contributed by atoms with Gasteiger partial charge in [0.2, 0.25) is 10.0 Å². The standard InChI is InChI=1S/C8H11N3O2S/c9-6-11-5-7-1-3-8(4-2-7)14(10,12)13/h1-4,6H,5H2,(H2,9,11)(H2,10,12,13). The quantitative estimate of drug-likeness (QED) is 0.538. The van der Waals surface area contributed by atoms with Crippen LogP contribution >= 0.6 is 0 Å². The number of benzene rings is 1. The maximum absolute atomic E-state index is 10.9. The summed E-state index contributed by atoms with van der Waals surface area (Å²) >= 11 is 0. The van der Waals surface area contributed by atoms with Gasteiger partial charge in [-0.2, -0.15) is 0 Å². The predicted molar refractivity (Wildman–Crippen MR) is 54.2 cm³/mol. The molecule has 1 aromatic carbocycles. The van der Waals surface area contributed by atoms with Crippen LogP contribution in [-0.4, -0.2) is 14.8 Å². The summed E-state index contributed by atoms with van der Waals surface area (Å²) in [5.41, 5.74) is 5.94. The number of aliphatic imine (C=N–C) groups is 1. The molecule has 0 aliphatic carbocycles. The molecular formula is C8H11N3O2S. The lowest BCUT2D eigenvalue weighted by Crippen LogP contribution is -2.11. The van der Waals surface area contributed by atoms with Crippen LogP contribution in [0.2, 0.25) is 0 Å². The predicted octanol–water partition coefficient (Wildman–Crippen LogP) is -0.179. The molecule has 14 heavy (non-hydrogen) atoms. The number of nitrogens with two attached hydrogens (primary N) is 2. The molecule has 0 unspecified atom stereocenters. The molecule has 0 spiro atoms. The first kappa shape index (κ1) is 10.7. The minimum absolute atomic E-state index is 0.0954. The van der Waals surface area contributed by atoms with Gasteiger partial charge in [0.05, 0.1) is 17.8 Å². The number of sulfonamides is 1. The van der Waals surface area contributed by atoms with E-state index in [2.05, 4.69) is 4.99 Å². The van der Waals surface area contributed by atoms with Crippen molar-refractivity contribution < 1.29 is 8.42 Å². The largest absolute Gasteiger partial charge is 0.390 e. The number of hydrogen-bond donors (Lipinski definition) is 2. The summed E-state index contributed by atoms with van der Waals surface area (Å²) in [5, 5.41) is 4.93. The maximum Gasteiger partial charge on any atom is 0.238 e. The fraction of sp³-hybridized carbons (Fsp3) is 0.125. The van der Waals surface area contributed by atoms with Crippen LogP contribution in [0.3, 0.4) is 0 Å². The van der Waals surface area contributed by atoms with Gasteiger partial charge in [-0.1, -0.05) is 12.1 Å². The van der Waals surface area contributed by atoms with Crippen LogP contribution in [0.25, 0.3) is 0 Å². The minimum Gasteiger partial charge on any atom is -0.390 e. The van der Waals surface area contributed by atoms with Crippen LogP contribution in [0.5, 0.6) is 0 Å². The number of primary sulfonamides is 1. The summed E-state index contributed by atoms with van der Waals surface area (Å²) in [6, 6.07) is 6.17. The summed E-state index contributed by atoms with van der Waals surface area (Å²) in [7, 11) is -3.60. The van der Waals surface area contributed by atoms with Crippen molar-refractivity contribution in [3.8, 4) is 0 Å². The summed E-state index contributed by atoms with van der Waals surface area (Å²) in [6.07, 6.45) is 1.20. The highest BCUT2D eigenvalue weighted by Gasteiger charge is 2.05. The first-order valence-electron chi connectivity index (χ1n) is 3.86. The summed E-state index contributed by atoms with van der Waals surface area (Å²) in [6.45, 7) is 0.432.